The first-order chi connectivity index (χ1) is 3.80. The Morgan fingerprint density at radius 2 is 2.25 bits per heavy atom. The van der Waals surface area contributed by atoms with E-state index in [0.717, 1.165) is 11.8 Å². The van der Waals surface area contributed by atoms with Crippen LogP contribution in [0, 0.1) is 11.8 Å². The van der Waals surface area contributed by atoms with E-state index in [1.165, 1.54) is 5.75 Å². The molecule has 0 aliphatic carbocycles. The third kappa shape index (κ3) is 1.28. The molecular formula is C7H12S. The summed E-state index contributed by atoms with van der Waals surface area (Å²) in [4.78, 5) is 0. The van der Waals surface area contributed by atoms with Crippen LogP contribution in [0.5, 0.6) is 0 Å². The lowest BCUT2D eigenvalue weighted by molar-refractivity contribution is 0.510. The van der Waals surface area contributed by atoms with Crippen LogP contribution < -0.4 is 0 Å². The summed E-state index contributed by atoms with van der Waals surface area (Å²) in [5.74, 6) is 2.98. The van der Waals surface area contributed by atoms with Crippen LogP contribution in [-0.4, -0.2) is 5.75 Å². The van der Waals surface area contributed by atoms with Gasteiger partial charge in [0.05, 0.1) is 0 Å². The van der Waals surface area contributed by atoms with Gasteiger partial charge in [-0.2, -0.15) is 0 Å². The maximum Gasteiger partial charge on any atom is 0.000520 e. The average molecular weight is 128 g/mol. The lowest BCUT2D eigenvalue weighted by Crippen LogP contribution is -2.10. The maximum atomic E-state index is 2.31. The van der Waals surface area contributed by atoms with E-state index in [4.69, 9.17) is 0 Å². The van der Waals surface area contributed by atoms with Crippen molar-refractivity contribution in [1.82, 2.24) is 0 Å². The van der Waals surface area contributed by atoms with Gasteiger partial charge in [0.25, 0.3) is 0 Å². The summed E-state index contributed by atoms with van der Waals surface area (Å²) in [7, 11) is 0. The van der Waals surface area contributed by atoms with Gasteiger partial charge in [-0.25, -0.2) is 0 Å². The Kier molecular flexibility index (Phi) is 2.01. The van der Waals surface area contributed by atoms with Crippen LogP contribution in [0.3, 0.4) is 0 Å². The van der Waals surface area contributed by atoms with E-state index in [1.807, 2.05) is 11.8 Å². The van der Waals surface area contributed by atoms with Gasteiger partial charge in [-0.05, 0) is 17.2 Å². The summed E-state index contributed by atoms with van der Waals surface area (Å²) in [5.41, 5.74) is 0. The van der Waals surface area contributed by atoms with Gasteiger partial charge >= 0.3 is 0 Å². The van der Waals surface area contributed by atoms with Gasteiger partial charge in [0, 0.05) is 5.75 Å². The van der Waals surface area contributed by atoms with Crippen LogP contribution in [0.1, 0.15) is 13.8 Å². The van der Waals surface area contributed by atoms with Gasteiger partial charge < -0.3 is 0 Å². The first-order valence-corrected chi connectivity index (χ1v) is 4.14. The molecular weight excluding hydrogens is 116 g/mol. The molecule has 0 radical (unpaired) electrons. The highest BCUT2D eigenvalue weighted by atomic mass is 32.2. The fraction of sp³-hybridized carbons (Fsp3) is 0.714. The molecule has 0 aromatic heterocycles. The van der Waals surface area contributed by atoms with Crippen molar-refractivity contribution < 1.29 is 0 Å². The molecule has 0 bridgehead atoms. The van der Waals surface area contributed by atoms with Crippen molar-refractivity contribution in [3.63, 3.8) is 0 Å². The highest BCUT2D eigenvalue weighted by Crippen LogP contribution is 2.24. The number of allylic oxidation sites excluding steroid dienone is 1. The quantitative estimate of drug-likeness (QED) is 0.483. The molecule has 1 heterocycles. The summed E-state index contributed by atoms with van der Waals surface area (Å²) in [6.45, 7) is 4.59. The van der Waals surface area contributed by atoms with Crippen LogP contribution >= 0.6 is 11.8 Å². The minimum Gasteiger partial charge on any atom is -0.134 e. The monoisotopic (exact) mass is 128 g/mol. The van der Waals surface area contributed by atoms with Crippen molar-refractivity contribution in [2.45, 2.75) is 13.8 Å². The zero-order valence-electron chi connectivity index (χ0n) is 5.42. The first kappa shape index (κ1) is 6.21. The Morgan fingerprint density at radius 1 is 1.50 bits per heavy atom. The summed E-state index contributed by atoms with van der Waals surface area (Å²) in [6.07, 6.45) is 2.29. The van der Waals surface area contributed by atoms with Gasteiger partial charge in [-0.1, -0.05) is 19.9 Å². The van der Waals surface area contributed by atoms with E-state index in [1.54, 1.807) is 0 Å². The molecule has 2 unspecified atom stereocenters. The molecule has 2 atom stereocenters. The molecule has 0 aromatic rings. The van der Waals surface area contributed by atoms with Gasteiger partial charge in [0.1, 0.15) is 0 Å². The average Bonchev–Trinajstić information content (AvgIpc) is 1.77. The second kappa shape index (κ2) is 2.58. The van der Waals surface area contributed by atoms with Crippen molar-refractivity contribution in [3.8, 4) is 0 Å². The molecule has 1 rings (SSSR count). The summed E-state index contributed by atoms with van der Waals surface area (Å²) >= 11 is 1.93. The molecule has 1 aliphatic rings. The second-order valence-electron chi connectivity index (χ2n) is 2.50. The van der Waals surface area contributed by atoms with Gasteiger partial charge in [-0.3, -0.25) is 0 Å². The minimum absolute atomic E-state index is 0.802. The Labute approximate surface area is 55.4 Å². The first-order valence-electron chi connectivity index (χ1n) is 3.09. The summed E-state index contributed by atoms with van der Waals surface area (Å²) in [6, 6.07) is 0. The van der Waals surface area contributed by atoms with Crippen LogP contribution in [-0.2, 0) is 0 Å². The van der Waals surface area contributed by atoms with E-state index < -0.39 is 0 Å². The predicted octanol–water partition coefficient (Wildman–Crippen LogP) is 2.52. The molecule has 0 fully saturated rings. The van der Waals surface area contributed by atoms with E-state index in [2.05, 4.69) is 25.3 Å². The maximum absolute atomic E-state index is 2.31. The van der Waals surface area contributed by atoms with Crippen molar-refractivity contribution >= 4 is 11.8 Å². The van der Waals surface area contributed by atoms with Gasteiger partial charge in [-0.15, -0.1) is 11.8 Å². The number of rotatable bonds is 0. The molecule has 0 spiro atoms. The van der Waals surface area contributed by atoms with Crippen molar-refractivity contribution in [2.75, 3.05) is 5.75 Å². The smallest absolute Gasteiger partial charge is 0.000520 e. The standard InChI is InChI=1S/C7H12S/c1-6-3-4-8-5-7(6)2/h3-4,6-7H,5H2,1-2H3. The van der Waals surface area contributed by atoms with Gasteiger partial charge in [0.15, 0.2) is 0 Å². The lowest BCUT2D eigenvalue weighted by atomic mass is 9.98. The van der Waals surface area contributed by atoms with Crippen LogP contribution in [0.25, 0.3) is 0 Å². The molecule has 0 saturated heterocycles. The SMILES string of the molecule is CC1C=CSCC1C. The highest BCUT2D eigenvalue weighted by molar-refractivity contribution is 8.02. The predicted molar refractivity (Wildman–Crippen MR) is 39.9 cm³/mol. The third-order valence-corrected chi connectivity index (χ3v) is 2.80. The number of thioether (sulfide) groups is 1. The molecule has 1 aliphatic heterocycles. The Morgan fingerprint density at radius 3 is 2.62 bits per heavy atom. The van der Waals surface area contributed by atoms with E-state index in [0.29, 0.717) is 0 Å². The second-order valence-corrected chi connectivity index (χ2v) is 3.44. The molecule has 0 N–H and O–H groups in total. The topological polar surface area (TPSA) is 0 Å². The zero-order chi connectivity index (χ0) is 5.98. The van der Waals surface area contributed by atoms with Crippen LogP contribution in [0.15, 0.2) is 11.5 Å². The van der Waals surface area contributed by atoms with E-state index in [-0.39, 0.29) is 0 Å². The highest BCUT2D eigenvalue weighted by Gasteiger charge is 2.11. The lowest BCUT2D eigenvalue weighted by Gasteiger charge is -2.18. The fourth-order valence-corrected chi connectivity index (χ4v) is 1.81. The van der Waals surface area contributed by atoms with Crippen molar-refractivity contribution in [2.24, 2.45) is 11.8 Å². The van der Waals surface area contributed by atoms with E-state index in [9.17, 15) is 0 Å². The largest absolute Gasteiger partial charge is 0.134 e. The van der Waals surface area contributed by atoms with Gasteiger partial charge in [0.2, 0.25) is 0 Å². The molecule has 46 valence electrons. The normalized spacial score (nSPS) is 37.8. The minimum atomic E-state index is 0.802. The number of hydrogen-bond donors (Lipinski definition) is 0. The Hall–Kier alpha value is 0.0900. The zero-order valence-corrected chi connectivity index (χ0v) is 6.24. The summed E-state index contributed by atoms with van der Waals surface area (Å²) < 4.78 is 0. The molecule has 0 aromatic carbocycles. The molecule has 0 saturated carbocycles. The Bertz CT molecular complexity index is 96.6. The van der Waals surface area contributed by atoms with Crippen molar-refractivity contribution in [1.29, 1.82) is 0 Å². The van der Waals surface area contributed by atoms with E-state index >= 15 is 0 Å². The Balaban J connectivity index is 2.47. The third-order valence-electron chi connectivity index (χ3n) is 1.74. The fourth-order valence-electron chi connectivity index (χ4n) is 0.728. The van der Waals surface area contributed by atoms with Crippen LogP contribution in [0.4, 0.5) is 0 Å². The number of hydrogen-bond acceptors (Lipinski definition) is 1. The molecule has 0 nitrogen and oxygen atoms in total. The van der Waals surface area contributed by atoms with Crippen LogP contribution in [0.2, 0.25) is 0 Å². The molecule has 8 heavy (non-hydrogen) atoms. The molecule has 1 heteroatoms. The van der Waals surface area contributed by atoms with Crippen molar-refractivity contribution in [3.05, 3.63) is 11.5 Å². The molecule has 0 amide bonds. The summed E-state index contributed by atoms with van der Waals surface area (Å²) in [5, 5.41) is 2.21.